The quantitative estimate of drug-likeness (QED) is 0.695. The van der Waals surface area contributed by atoms with Crippen molar-refractivity contribution in [1.29, 1.82) is 0 Å². The van der Waals surface area contributed by atoms with E-state index in [1.54, 1.807) is 19.2 Å². The zero-order chi connectivity index (χ0) is 17.5. The van der Waals surface area contributed by atoms with Gasteiger partial charge in [0, 0.05) is 29.3 Å². The van der Waals surface area contributed by atoms with Crippen LogP contribution in [0.25, 0.3) is 0 Å². The summed E-state index contributed by atoms with van der Waals surface area (Å²) >= 11 is 2.02. The molecule has 1 N–H and O–H groups in total. The van der Waals surface area contributed by atoms with Crippen LogP contribution in [0.4, 0.5) is 10.1 Å². The maximum absolute atomic E-state index is 14.1. The van der Waals surface area contributed by atoms with E-state index in [1.807, 2.05) is 22.6 Å². The Morgan fingerprint density at radius 3 is 2.62 bits per heavy atom. The number of benzene rings is 1. The van der Waals surface area contributed by atoms with E-state index in [0.717, 1.165) is 3.57 Å². The summed E-state index contributed by atoms with van der Waals surface area (Å²) in [5, 5.41) is -0.377. The number of rotatable bonds is 5. The number of pyridine rings is 1. The monoisotopic (exact) mass is 462 g/mol. The average Bonchev–Trinajstić information content (AvgIpc) is 3.32. The maximum Gasteiger partial charge on any atom is 0.250 e. The van der Waals surface area contributed by atoms with Crippen molar-refractivity contribution in [2.24, 2.45) is 7.05 Å². The van der Waals surface area contributed by atoms with Gasteiger partial charge in [-0.1, -0.05) is 6.07 Å². The molecule has 1 aromatic heterocycles. The summed E-state index contributed by atoms with van der Waals surface area (Å²) in [6, 6.07) is 6.18. The minimum atomic E-state index is -3.46. The van der Waals surface area contributed by atoms with E-state index in [2.05, 4.69) is 4.72 Å². The number of halogens is 2. The van der Waals surface area contributed by atoms with Gasteiger partial charge in [0.2, 0.25) is 10.0 Å². The second kappa shape index (κ2) is 6.47. The fourth-order valence-electron chi connectivity index (χ4n) is 2.39. The van der Waals surface area contributed by atoms with E-state index >= 15 is 0 Å². The van der Waals surface area contributed by atoms with Crippen molar-refractivity contribution in [2.45, 2.75) is 24.5 Å². The third kappa shape index (κ3) is 3.80. The van der Waals surface area contributed by atoms with Crippen LogP contribution in [-0.4, -0.2) is 18.2 Å². The first-order valence-electron chi connectivity index (χ1n) is 7.41. The minimum absolute atomic E-state index is 0.140. The van der Waals surface area contributed by atoms with Gasteiger partial charge in [0.05, 0.1) is 10.9 Å². The first kappa shape index (κ1) is 17.4. The summed E-state index contributed by atoms with van der Waals surface area (Å²) in [7, 11) is -1.91. The predicted molar refractivity (Wildman–Crippen MR) is 99.2 cm³/mol. The molecular weight excluding hydrogens is 446 g/mol. The Balaban J connectivity index is 1.99. The summed E-state index contributed by atoms with van der Waals surface area (Å²) in [5.41, 5.74) is 0.921. The summed E-state index contributed by atoms with van der Waals surface area (Å²) in [5.74, 6) is -0.376. The summed E-state index contributed by atoms with van der Waals surface area (Å²) in [6.45, 7) is 0. The topological polar surface area (TPSA) is 68.2 Å². The van der Waals surface area contributed by atoms with Crippen LogP contribution in [-0.2, 0) is 23.5 Å². The highest BCUT2D eigenvalue weighted by molar-refractivity contribution is 14.1. The smallest absolute Gasteiger partial charge is 0.250 e. The number of nitrogens with one attached hydrogen (secondary N) is 1. The van der Waals surface area contributed by atoms with Gasteiger partial charge in [-0.2, -0.15) is 0 Å². The third-order valence-electron chi connectivity index (χ3n) is 3.93. The zero-order valence-corrected chi connectivity index (χ0v) is 15.9. The van der Waals surface area contributed by atoms with Gasteiger partial charge in [0.15, 0.2) is 0 Å². The van der Waals surface area contributed by atoms with E-state index in [-0.39, 0.29) is 23.0 Å². The van der Waals surface area contributed by atoms with Gasteiger partial charge >= 0.3 is 0 Å². The molecule has 5 nitrogen and oxygen atoms in total. The van der Waals surface area contributed by atoms with Crippen LogP contribution in [0, 0.1) is 9.39 Å². The molecule has 128 valence electrons. The van der Waals surface area contributed by atoms with Crippen LogP contribution < -0.4 is 10.3 Å². The van der Waals surface area contributed by atoms with Crippen molar-refractivity contribution in [2.75, 3.05) is 4.72 Å². The number of hydrogen-bond donors (Lipinski definition) is 1. The normalized spacial score (nSPS) is 14.6. The van der Waals surface area contributed by atoms with Gasteiger partial charge in [-0.15, -0.1) is 0 Å². The minimum Gasteiger partial charge on any atom is -0.316 e. The molecule has 24 heavy (non-hydrogen) atoms. The molecule has 0 radical (unpaired) electrons. The summed E-state index contributed by atoms with van der Waals surface area (Å²) in [6.07, 6.45) is 2.87. The summed E-state index contributed by atoms with van der Waals surface area (Å²) < 4.78 is 43.1. The van der Waals surface area contributed by atoms with Crippen molar-refractivity contribution in [3.63, 3.8) is 0 Å². The molecule has 0 bridgehead atoms. The molecule has 3 rings (SSSR count). The fraction of sp³-hybridized carbons (Fsp3) is 0.312. The molecule has 1 fully saturated rings. The fourth-order valence-corrected chi connectivity index (χ4v) is 4.26. The Morgan fingerprint density at radius 1 is 1.29 bits per heavy atom. The Kier molecular flexibility index (Phi) is 4.69. The van der Waals surface area contributed by atoms with E-state index in [4.69, 9.17) is 0 Å². The second-order valence-corrected chi connectivity index (χ2v) is 9.13. The van der Waals surface area contributed by atoms with Gasteiger partial charge in [0.25, 0.3) is 5.56 Å². The molecule has 0 spiro atoms. The molecule has 1 aromatic carbocycles. The number of sulfonamides is 1. The molecule has 0 unspecified atom stereocenters. The van der Waals surface area contributed by atoms with Crippen LogP contribution in [0.1, 0.15) is 24.0 Å². The third-order valence-corrected chi connectivity index (χ3v) is 6.45. The van der Waals surface area contributed by atoms with Gasteiger partial charge in [0.1, 0.15) is 5.82 Å². The van der Waals surface area contributed by atoms with Crippen molar-refractivity contribution in [1.82, 2.24) is 4.57 Å². The van der Waals surface area contributed by atoms with Crippen molar-refractivity contribution in [3.8, 4) is 0 Å². The Hall–Kier alpha value is -1.42. The zero-order valence-electron chi connectivity index (χ0n) is 12.9. The molecule has 1 heterocycles. The second-order valence-electron chi connectivity index (χ2n) is 5.92. The lowest BCUT2D eigenvalue weighted by Crippen LogP contribution is -2.23. The molecule has 2 aromatic rings. The van der Waals surface area contributed by atoms with Crippen LogP contribution in [0.3, 0.4) is 0 Å². The molecule has 1 aliphatic carbocycles. The van der Waals surface area contributed by atoms with Crippen LogP contribution >= 0.6 is 22.6 Å². The SMILES string of the molecule is Cn1cc(NS(=O)(=O)C2CC2)c(Cc2ccc(I)cc2F)cc1=O. The maximum atomic E-state index is 14.1. The molecular formula is C16H16FIN2O3S. The van der Waals surface area contributed by atoms with Gasteiger partial charge in [-0.3, -0.25) is 9.52 Å². The van der Waals surface area contributed by atoms with E-state index in [0.29, 0.717) is 29.7 Å². The van der Waals surface area contributed by atoms with Gasteiger partial charge < -0.3 is 4.57 Å². The van der Waals surface area contributed by atoms with Crippen LogP contribution in [0.2, 0.25) is 0 Å². The Bertz CT molecular complexity index is 952. The lowest BCUT2D eigenvalue weighted by atomic mass is 10.0. The highest BCUT2D eigenvalue weighted by Crippen LogP contribution is 2.31. The van der Waals surface area contributed by atoms with Gasteiger partial charge in [-0.05, 0) is 58.7 Å². The van der Waals surface area contributed by atoms with E-state index in [9.17, 15) is 17.6 Å². The Morgan fingerprint density at radius 2 is 2.00 bits per heavy atom. The summed E-state index contributed by atoms with van der Waals surface area (Å²) in [4.78, 5) is 11.9. The molecule has 8 heteroatoms. The first-order chi connectivity index (χ1) is 11.3. The first-order valence-corrected chi connectivity index (χ1v) is 10.0. The van der Waals surface area contributed by atoms with Crippen LogP contribution in [0.15, 0.2) is 35.3 Å². The number of anilines is 1. The highest BCUT2D eigenvalue weighted by atomic mass is 127. The lowest BCUT2D eigenvalue weighted by molar-refractivity contribution is 0.600. The van der Waals surface area contributed by atoms with Crippen molar-refractivity contribution >= 4 is 38.3 Å². The molecule has 0 aliphatic heterocycles. The molecule has 1 saturated carbocycles. The van der Waals surface area contributed by atoms with Crippen molar-refractivity contribution in [3.05, 3.63) is 61.3 Å². The molecule has 0 atom stereocenters. The number of aromatic nitrogens is 1. The van der Waals surface area contributed by atoms with Crippen molar-refractivity contribution < 1.29 is 12.8 Å². The molecule has 0 saturated heterocycles. The van der Waals surface area contributed by atoms with Gasteiger partial charge in [-0.25, -0.2) is 12.8 Å². The predicted octanol–water partition coefficient (Wildman–Crippen LogP) is 2.62. The standard InChI is InChI=1S/C16H16FIN2O3S/c1-20-9-15(19-24(22,23)13-4-5-13)11(7-16(20)21)6-10-2-3-12(18)8-14(10)17/h2-3,7-9,13,19H,4-6H2,1H3. The number of nitrogens with zero attached hydrogens (tertiary/aromatic N) is 1. The van der Waals surface area contributed by atoms with E-state index < -0.39 is 10.0 Å². The number of hydrogen-bond acceptors (Lipinski definition) is 3. The lowest BCUT2D eigenvalue weighted by Gasteiger charge is -2.14. The largest absolute Gasteiger partial charge is 0.316 e. The molecule has 1 aliphatic rings. The number of aryl methyl sites for hydroxylation is 1. The van der Waals surface area contributed by atoms with Crippen LogP contribution in [0.5, 0.6) is 0 Å². The van der Waals surface area contributed by atoms with E-state index in [1.165, 1.54) is 22.9 Å². The average molecular weight is 462 g/mol. The highest BCUT2D eigenvalue weighted by Gasteiger charge is 2.36. The molecule has 0 amide bonds. The Labute approximate surface area is 153 Å².